The fourth-order valence-corrected chi connectivity index (χ4v) is 1.96. The van der Waals surface area contributed by atoms with E-state index in [0.717, 1.165) is 41.5 Å². The quantitative estimate of drug-likeness (QED) is 0.452. The summed E-state index contributed by atoms with van der Waals surface area (Å²) in [6.07, 6.45) is 7.91. The van der Waals surface area contributed by atoms with Crippen molar-refractivity contribution in [1.29, 1.82) is 0 Å². The Balaban J connectivity index is 2.04. The summed E-state index contributed by atoms with van der Waals surface area (Å²) in [7, 11) is 0. The van der Waals surface area contributed by atoms with Crippen molar-refractivity contribution >= 4 is 11.8 Å². The molecule has 100 valence electrons. The Kier molecular flexibility index (Phi) is 5.21. The van der Waals surface area contributed by atoms with Crippen molar-refractivity contribution in [3.05, 3.63) is 36.7 Å². The lowest BCUT2D eigenvalue weighted by atomic mass is 10.1. The van der Waals surface area contributed by atoms with Crippen molar-refractivity contribution in [3.63, 3.8) is 0 Å². The van der Waals surface area contributed by atoms with E-state index in [9.17, 15) is 0 Å². The number of unbranched alkanes of at least 4 members (excludes halogenated alkanes) is 1. The van der Waals surface area contributed by atoms with E-state index < -0.39 is 0 Å². The number of aromatic nitrogens is 2. The van der Waals surface area contributed by atoms with Gasteiger partial charge in [0, 0.05) is 18.0 Å². The van der Waals surface area contributed by atoms with Crippen LogP contribution in [0.15, 0.2) is 41.8 Å². The minimum Gasteiger partial charge on any atom is -0.494 e. The average molecular weight is 274 g/mol. The standard InChI is InChI=1S/C15H18N2OS/c1-3-4-9-18-14-7-5-12(6-8-14)13-10-16-15(19-2)17-11-13/h5-8,10-11H,3-4,9H2,1-2H3. The largest absolute Gasteiger partial charge is 0.494 e. The van der Waals surface area contributed by atoms with Gasteiger partial charge in [0.2, 0.25) is 0 Å². The lowest BCUT2D eigenvalue weighted by molar-refractivity contribution is 0.309. The van der Waals surface area contributed by atoms with Crippen molar-refractivity contribution in [2.24, 2.45) is 0 Å². The van der Waals surface area contributed by atoms with Crippen molar-refractivity contribution in [1.82, 2.24) is 9.97 Å². The maximum atomic E-state index is 5.64. The molecule has 0 unspecified atom stereocenters. The molecule has 0 saturated heterocycles. The molecule has 1 aromatic carbocycles. The summed E-state index contributed by atoms with van der Waals surface area (Å²) in [5.41, 5.74) is 2.13. The van der Waals surface area contributed by atoms with E-state index in [-0.39, 0.29) is 0 Å². The Labute approximate surface area is 118 Å². The Morgan fingerprint density at radius 1 is 1.05 bits per heavy atom. The Hall–Kier alpha value is -1.55. The number of hydrogen-bond acceptors (Lipinski definition) is 4. The van der Waals surface area contributed by atoms with E-state index in [4.69, 9.17) is 4.74 Å². The zero-order valence-electron chi connectivity index (χ0n) is 11.3. The third-order valence-corrected chi connectivity index (χ3v) is 3.34. The summed E-state index contributed by atoms with van der Waals surface area (Å²) in [6, 6.07) is 8.07. The van der Waals surface area contributed by atoms with E-state index in [0.29, 0.717) is 0 Å². The Morgan fingerprint density at radius 3 is 2.32 bits per heavy atom. The van der Waals surface area contributed by atoms with Crippen LogP contribution in [0.2, 0.25) is 0 Å². The minimum absolute atomic E-state index is 0.779. The smallest absolute Gasteiger partial charge is 0.187 e. The van der Waals surface area contributed by atoms with Gasteiger partial charge in [0.1, 0.15) is 5.75 Å². The molecule has 4 heteroatoms. The van der Waals surface area contributed by atoms with E-state index >= 15 is 0 Å². The molecule has 1 aromatic heterocycles. The van der Waals surface area contributed by atoms with Crippen molar-refractivity contribution in [3.8, 4) is 16.9 Å². The molecule has 1 heterocycles. The van der Waals surface area contributed by atoms with Gasteiger partial charge in [-0.05, 0) is 30.4 Å². The van der Waals surface area contributed by atoms with Gasteiger partial charge in [0.25, 0.3) is 0 Å². The van der Waals surface area contributed by atoms with E-state index in [1.807, 2.05) is 42.9 Å². The topological polar surface area (TPSA) is 35.0 Å². The van der Waals surface area contributed by atoms with Gasteiger partial charge in [-0.25, -0.2) is 9.97 Å². The van der Waals surface area contributed by atoms with Crippen molar-refractivity contribution in [2.75, 3.05) is 12.9 Å². The highest BCUT2D eigenvalue weighted by Gasteiger charge is 2.01. The molecular weight excluding hydrogens is 256 g/mol. The average Bonchev–Trinajstić information content (AvgIpc) is 2.48. The van der Waals surface area contributed by atoms with Gasteiger partial charge in [-0.2, -0.15) is 0 Å². The first-order chi connectivity index (χ1) is 9.33. The highest BCUT2D eigenvalue weighted by molar-refractivity contribution is 7.98. The Morgan fingerprint density at radius 2 is 1.74 bits per heavy atom. The van der Waals surface area contributed by atoms with Crippen LogP contribution in [0.5, 0.6) is 5.75 Å². The van der Waals surface area contributed by atoms with Crippen LogP contribution in [0.4, 0.5) is 0 Å². The summed E-state index contributed by atoms with van der Waals surface area (Å²) < 4.78 is 5.64. The maximum absolute atomic E-state index is 5.64. The molecule has 0 spiro atoms. The van der Waals surface area contributed by atoms with Crippen LogP contribution >= 0.6 is 11.8 Å². The zero-order chi connectivity index (χ0) is 13.5. The second-order valence-electron chi connectivity index (χ2n) is 4.18. The lowest BCUT2D eigenvalue weighted by Gasteiger charge is -2.06. The van der Waals surface area contributed by atoms with E-state index in [1.54, 1.807) is 11.8 Å². The van der Waals surface area contributed by atoms with Crippen LogP contribution in [0.1, 0.15) is 19.8 Å². The molecule has 0 amide bonds. The molecule has 0 radical (unpaired) electrons. The van der Waals surface area contributed by atoms with Gasteiger partial charge < -0.3 is 4.74 Å². The van der Waals surface area contributed by atoms with Gasteiger partial charge in [0.05, 0.1) is 6.61 Å². The first-order valence-electron chi connectivity index (χ1n) is 6.42. The molecule has 0 saturated carbocycles. The van der Waals surface area contributed by atoms with E-state index in [1.165, 1.54) is 0 Å². The van der Waals surface area contributed by atoms with Crippen LogP contribution in [-0.2, 0) is 0 Å². The van der Waals surface area contributed by atoms with Crippen LogP contribution in [0.3, 0.4) is 0 Å². The van der Waals surface area contributed by atoms with Crippen LogP contribution < -0.4 is 4.74 Å². The van der Waals surface area contributed by atoms with Crippen molar-refractivity contribution in [2.45, 2.75) is 24.9 Å². The molecule has 0 aliphatic heterocycles. The molecule has 19 heavy (non-hydrogen) atoms. The zero-order valence-corrected chi connectivity index (χ0v) is 12.1. The van der Waals surface area contributed by atoms with Crippen LogP contribution in [-0.4, -0.2) is 22.8 Å². The van der Waals surface area contributed by atoms with Crippen molar-refractivity contribution < 1.29 is 4.74 Å². The highest BCUT2D eigenvalue weighted by Crippen LogP contribution is 2.22. The summed E-state index contributed by atoms with van der Waals surface area (Å²) in [6.45, 7) is 2.94. The molecule has 0 fully saturated rings. The SMILES string of the molecule is CCCCOc1ccc(-c2cnc(SC)nc2)cc1. The van der Waals surface area contributed by atoms with E-state index in [2.05, 4.69) is 16.9 Å². The second-order valence-corrected chi connectivity index (χ2v) is 4.96. The minimum atomic E-state index is 0.779. The van der Waals surface area contributed by atoms with Gasteiger partial charge >= 0.3 is 0 Å². The molecule has 0 atom stereocenters. The summed E-state index contributed by atoms with van der Waals surface area (Å²) >= 11 is 1.54. The maximum Gasteiger partial charge on any atom is 0.187 e. The predicted octanol–water partition coefficient (Wildman–Crippen LogP) is 4.04. The fourth-order valence-electron chi connectivity index (χ4n) is 1.65. The number of benzene rings is 1. The molecule has 3 nitrogen and oxygen atoms in total. The molecular formula is C15H18N2OS. The highest BCUT2D eigenvalue weighted by atomic mass is 32.2. The Bertz CT molecular complexity index is 497. The van der Waals surface area contributed by atoms with Gasteiger partial charge in [-0.3, -0.25) is 0 Å². The predicted molar refractivity (Wildman–Crippen MR) is 79.7 cm³/mol. The number of thioether (sulfide) groups is 1. The normalized spacial score (nSPS) is 10.4. The number of hydrogen-bond donors (Lipinski definition) is 0. The summed E-state index contributed by atoms with van der Waals surface area (Å²) in [4.78, 5) is 8.55. The van der Waals surface area contributed by atoms with Gasteiger partial charge in [-0.1, -0.05) is 37.2 Å². The van der Waals surface area contributed by atoms with Gasteiger partial charge in [-0.15, -0.1) is 0 Å². The molecule has 0 N–H and O–H groups in total. The number of rotatable bonds is 6. The molecule has 0 aliphatic carbocycles. The number of ether oxygens (including phenoxy) is 1. The van der Waals surface area contributed by atoms with Gasteiger partial charge in [0.15, 0.2) is 5.16 Å². The summed E-state index contributed by atoms with van der Waals surface area (Å²) in [5.74, 6) is 0.916. The second kappa shape index (κ2) is 7.14. The lowest BCUT2D eigenvalue weighted by Crippen LogP contribution is -1.96. The first kappa shape index (κ1) is 13.9. The first-order valence-corrected chi connectivity index (χ1v) is 7.65. The molecule has 2 rings (SSSR count). The molecule has 0 bridgehead atoms. The molecule has 2 aromatic rings. The van der Waals surface area contributed by atoms with Crippen LogP contribution in [0.25, 0.3) is 11.1 Å². The fraction of sp³-hybridized carbons (Fsp3) is 0.333. The monoisotopic (exact) mass is 274 g/mol. The third kappa shape index (κ3) is 3.96. The van der Waals surface area contributed by atoms with Crippen LogP contribution in [0, 0.1) is 0 Å². The third-order valence-electron chi connectivity index (χ3n) is 2.76. The summed E-state index contributed by atoms with van der Waals surface area (Å²) in [5, 5.41) is 0.795. The molecule has 0 aliphatic rings. The number of nitrogens with zero attached hydrogens (tertiary/aromatic N) is 2.